The number of carboxylic acids is 1. The van der Waals surface area contributed by atoms with E-state index in [1.165, 1.54) is 17.2 Å². The highest BCUT2D eigenvalue weighted by Crippen LogP contribution is 2.44. The Kier molecular flexibility index (Phi) is 6.25. The lowest BCUT2D eigenvalue weighted by Crippen LogP contribution is -2.53. The zero-order valence-electron chi connectivity index (χ0n) is 17.9. The van der Waals surface area contributed by atoms with E-state index >= 15 is 0 Å². The Morgan fingerprint density at radius 2 is 1.69 bits per heavy atom. The highest BCUT2D eigenvalue weighted by Gasteiger charge is 2.36. The van der Waals surface area contributed by atoms with Crippen LogP contribution in [0.1, 0.15) is 24.0 Å². The van der Waals surface area contributed by atoms with E-state index in [-0.39, 0.29) is 30.9 Å². The van der Waals surface area contributed by atoms with Gasteiger partial charge in [0.1, 0.15) is 6.61 Å². The molecule has 1 aliphatic heterocycles. The molecule has 0 aromatic heterocycles. The summed E-state index contributed by atoms with van der Waals surface area (Å²) in [5.41, 5.74) is 4.64. The van der Waals surface area contributed by atoms with Crippen molar-refractivity contribution < 1.29 is 24.2 Å². The molecule has 2 amide bonds. The molecule has 0 bridgehead atoms. The van der Waals surface area contributed by atoms with Crippen LogP contribution in [0.15, 0.2) is 60.7 Å². The first kappa shape index (κ1) is 21.6. The van der Waals surface area contributed by atoms with Gasteiger partial charge >= 0.3 is 12.1 Å². The number of aliphatic carboxylic acids is 1. The predicted octanol–water partition coefficient (Wildman–Crippen LogP) is 3.26. The molecule has 1 atom stereocenters. The van der Waals surface area contributed by atoms with Gasteiger partial charge in [-0.2, -0.15) is 0 Å². The topological polar surface area (TPSA) is 95.9 Å². The molecule has 2 aromatic rings. The minimum absolute atomic E-state index is 0.00201. The molecular weight excluding hydrogens is 408 g/mol. The molecule has 1 fully saturated rings. The summed E-state index contributed by atoms with van der Waals surface area (Å²) < 4.78 is 5.45. The Labute approximate surface area is 186 Å². The summed E-state index contributed by atoms with van der Waals surface area (Å²) in [5.74, 6) is -1.50. The molecular formula is C25H26N2O5. The van der Waals surface area contributed by atoms with Crippen LogP contribution in [0.25, 0.3) is 11.1 Å². The summed E-state index contributed by atoms with van der Waals surface area (Å²) in [6.45, 7) is 2.94. The summed E-state index contributed by atoms with van der Waals surface area (Å²) in [5, 5.41) is 11.6. The Bertz CT molecular complexity index is 1010. The smallest absolute Gasteiger partial charge is 0.407 e. The molecule has 32 heavy (non-hydrogen) atoms. The van der Waals surface area contributed by atoms with Crippen molar-refractivity contribution in [3.8, 4) is 11.1 Å². The van der Waals surface area contributed by atoms with Crippen LogP contribution in [0.5, 0.6) is 0 Å². The van der Waals surface area contributed by atoms with E-state index in [1.54, 1.807) is 17.9 Å². The minimum atomic E-state index is -0.843. The molecule has 7 nitrogen and oxygen atoms in total. The SMILES string of the molecule is CC(C(=O)O)C1CN(C(=O)/C=C/CNC(=O)OCC2c3ccccc3-c3ccccc32)C1. The van der Waals surface area contributed by atoms with Crippen LogP contribution in [0, 0.1) is 11.8 Å². The number of alkyl carbamates (subject to hydrolysis) is 1. The van der Waals surface area contributed by atoms with Gasteiger partial charge in [-0.1, -0.05) is 61.5 Å². The Hall–Kier alpha value is -3.61. The molecule has 4 rings (SSSR count). The van der Waals surface area contributed by atoms with Crippen LogP contribution >= 0.6 is 0 Å². The largest absolute Gasteiger partial charge is 0.481 e. The highest BCUT2D eigenvalue weighted by molar-refractivity contribution is 5.88. The van der Waals surface area contributed by atoms with Crippen LogP contribution in [0.4, 0.5) is 4.79 Å². The van der Waals surface area contributed by atoms with Crippen molar-refractivity contribution in [3.05, 3.63) is 71.8 Å². The third-order valence-electron chi connectivity index (χ3n) is 6.29. The second-order valence-corrected chi connectivity index (χ2v) is 8.24. The van der Waals surface area contributed by atoms with Crippen molar-refractivity contribution in [2.24, 2.45) is 11.8 Å². The number of nitrogens with one attached hydrogen (secondary N) is 1. The first-order chi connectivity index (χ1) is 15.5. The van der Waals surface area contributed by atoms with Gasteiger partial charge in [0.2, 0.25) is 5.91 Å². The molecule has 1 heterocycles. The van der Waals surface area contributed by atoms with Crippen molar-refractivity contribution in [1.82, 2.24) is 10.2 Å². The summed E-state index contributed by atoms with van der Waals surface area (Å²) in [6, 6.07) is 16.3. The zero-order chi connectivity index (χ0) is 22.7. The average Bonchev–Trinajstić information content (AvgIpc) is 3.08. The number of hydrogen-bond donors (Lipinski definition) is 2. The van der Waals surface area contributed by atoms with Crippen molar-refractivity contribution in [1.29, 1.82) is 0 Å². The van der Waals surface area contributed by atoms with E-state index in [2.05, 4.69) is 29.6 Å². The molecule has 0 radical (unpaired) electrons. The molecule has 2 N–H and O–H groups in total. The van der Waals surface area contributed by atoms with E-state index < -0.39 is 18.0 Å². The zero-order valence-corrected chi connectivity index (χ0v) is 17.9. The normalized spacial score (nSPS) is 16.2. The molecule has 2 aliphatic rings. The second-order valence-electron chi connectivity index (χ2n) is 8.24. The van der Waals surface area contributed by atoms with Gasteiger partial charge in [0.25, 0.3) is 0 Å². The van der Waals surface area contributed by atoms with Crippen LogP contribution in [-0.4, -0.2) is 54.2 Å². The number of hydrogen-bond acceptors (Lipinski definition) is 4. The number of carbonyl (C=O) groups excluding carboxylic acids is 2. The van der Waals surface area contributed by atoms with Crippen molar-refractivity contribution >= 4 is 18.0 Å². The highest BCUT2D eigenvalue weighted by atomic mass is 16.5. The fourth-order valence-corrected chi connectivity index (χ4v) is 4.27. The first-order valence-electron chi connectivity index (χ1n) is 10.7. The molecule has 0 saturated carbocycles. The number of ether oxygens (including phenoxy) is 1. The van der Waals surface area contributed by atoms with E-state index in [1.807, 2.05) is 24.3 Å². The first-order valence-corrected chi connectivity index (χ1v) is 10.7. The van der Waals surface area contributed by atoms with Gasteiger partial charge in [-0.3, -0.25) is 9.59 Å². The fraction of sp³-hybridized carbons (Fsp3) is 0.320. The molecule has 0 spiro atoms. The number of fused-ring (bicyclic) bond motifs is 3. The van der Waals surface area contributed by atoms with Crippen LogP contribution in [-0.2, 0) is 14.3 Å². The number of benzene rings is 2. The quantitative estimate of drug-likeness (QED) is 0.652. The predicted molar refractivity (Wildman–Crippen MR) is 119 cm³/mol. The van der Waals surface area contributed by atoms with E-state index in [0.29, 0.717) is 13.1 Å². The van der Waals surface area contributed by atoms with Gasteiger partial charge in [0.05, 0.1) is 5.92 Å². The molecule has 7 heteroatoms. The maximum atomic E-state index is 12.1. The Balaban J connectivity index is 1.22. The van der Waals surface area contributed by atoms with E-state index in [9.17, 15) is 14.4 Å². The lowest BCUT2D eigenvalue weighted by atomic mass is 9.87. The summed E-state index contributed by atoms with van der Waals surface area (Å²) in [7, 11) is 0. The Morgan fingerprint density at radius 3 is 2.28 bits per heavy atom. The molecule has 1 unspecified atom stereocenters. The van der Waals surface area contributed by atoms with Gasteiger partial charge < -0.3 is 20.1 Å². The van der Waals surface area contributed by atoms with Crippen LogP contribution < -0.4 is 5.32 Å². The molecule has 1 aliphatic carbocycles. The standard InChI is InChI=1S/C25H26N2O5/c1-16(24(29)30)17-13-27(14-17)23(28)11-6-12-26-25(31)32-15-22-20-9-4-2-7-18(20)19-8-3-5-10-21(19)22/h2-11,16-17,22H,12-15H2,1H3,(H,26,31)(H,29,30)/b11-6+. The number of nitrogens with zero attached hydrogens (tertiary/aromatic N) is 1. The van der Waals surface area contributed by atoms with Crippen molar-refractivity contribution in [2.45, 2.75) is 12.8 Å². The van der Waals surface area contributed by atoms with Crippen LogP contribution in [0.3, 0.4) is 0 Å². The number of carbonyl (C=O) groups is 3. The van der Waals surface area contributed by atoms with Gasteiger partial charge in [-0.15, -0.1) is 0 Å². The fourth-order valence-electron chi connectivity index (χ4n) is 4.27. The third kappa shape index (κ3) is 4.37. The maximum Gasteiger partial charge on any atom is 0.407 e. The van der Waals surface area contributed by atoms with Gasteiger partial charge in [-0.25, -0.2) is 4.79 Å². The number of rotatable bonds is 7. The lowest BCUT2D eigenvalue weighted by molar-refractivity contribution is -0.148. The lowest BCUT2D eigenvalue weighted by Gasteiger charge is -2.40. The summed E-state index contributed by atoms with van der Waals surface area (Å²) in [4.78, 5) is 36.8. The maximum absolute atomic E-state index is 12.1. The number of likely N-dealkylation sites (tertiary alicyclic amines) is 1. The third-order valence-corrected chi connectivity index (χ3v) is 6.29. The van der Waals surface area contributed by atoms with Crippen molar-refractivity contribution in [2.75, 3.05) is 26.2 Å². The summed E-state index contributed by atoms with van der Waals surface area (Å²) >= 11 is 0. The minimum Gasteiger partial charge on any atom is -0.481 e. The molecule has 166 valence electrons. The second kappa shape index (κ2) is 9.26. The van der Waals surface area contributed by atoms with Gasteiger partial charge in [-0.05, 0) is 22.3 Å². The monoisotopic (exact) mass is 434 g/mol. The Morgan fingerprint density at radius 1 is 1.09 bits per heavy atom. The summed E-state index contributed by atoms with van der Waals surface area (Å²) in [6.07, 6.45) is 2.42. The number of carboxylic acid groups (broad SMARTS) is 1. The molecule has 2 aromatic carbocycles. The van der Waals surface area contributed by atoms with Crippen LogP contribution in [0.2, 0.25) is 0 Å². The van der Waals surface area contributed by atoms with Gasteiger partial charge in [0.15, 0.2) is 0 Å². The van der Waals surface area contributed by atoms with E-state index in [0.717, 1.165) is 11.1 Å². The molecule has 1 saturated heterocycles. The van der Waals surface area contributed by atoms with Gasteiger partial charge in [0, 0.05) is 37.5 Å². The number of amides is 2. The van der Waals surface area contributed by atoms with Crippen molar-refractivity contribution in [3.63, 3.8) is 0 Å². The average molecular weight is 434 g/mol. The van der Waals surface area contributed by atoms with E-state index in [4.69, 9.17) is 9.84 Å².